The summed E-state index contributed by atoms with van der Waals surface area (Å²) in [5.41, 5.74) is 0. The fourth-order valence-corrected chi connectivity index (χ4v) is 14.9. The maximum Gasteiger partial charge on any atom is 0.472 e. The molecule has 0 spiro atoms. The van der Waals surface area contributed by atoms with Crippen LogP contribution in [0.4, 0.5) is 0 Å². The minimum absolute atomic E-state index is 0.106. The number of hydrogen-bond donors (Lipinski definition) is 3. The first-order valence-electron chi connectivity index (χ1n) is 44.2. The highest BCUT2D eigenvalue weighted by molar-refractivity contribution is 7.47. The van der Waals surface area contributed by atoms with E-state index in [1.165, 1.54) is 250 Å². The van der Waals surface area contributed by atoms with Crippen LogP contribution in [0.3, 0.4) is 0 Å². The fraction of sp³-hybridized carbons (Fsp3) is 0.953. The Balaban J connectivity index is 5.24. The third kappa shape index (κ3) is 78.5. The highest BCUT2D eigenvalue weighted by Gasteiger charge is 2.31. The quantitative estimate of drug-likeness (QED) is 0.0222. The molecular formula is C86H168O17P2. The average Bonchev–Trinajstić information content (AvgIpc) is 0.931. The minimum atomic E-state index is -4.97. The molecule has 0 aromatic carbocycles. The first-order valence-corrected chi connectivity index (χ1v) is 47.2. The van der Waals surface area contributed by atoms with Crippen molar-refractivity contribution in [3.8, 4) is 0 Å². The fourth-order valence-electron chi connectivity index (χ4n) is 13.3. The molecule has 19 heteroatoms. The van der Waals surface area contributed by atoms with Crippen molar-refractivity contribution in [3.63, 3.8) is 0 Å². The number of esters is 4. The van der Waals surface area contributed by atoms with Crippen LogP contribution in [0, 0.1) is 23.7 Å². The first-order chi connectivity index (χ1) is 50.6. The number of phosphoric acid groups is 2. The summed E-state index contributed by atoms with van der Waals surface area (Å²) in [5, 5.41) is 10.7. The van der Waals surface area contributed by atoms with Crippen molar-refractivity contribution in [2.45, 2.75) is 465 Å². The lowest BCUT2D eigenvalue weighted by Crippen LogP contribution is -2.30. The van der Waals surface area contributed by atoms with Gasteiger partial charge >= 0.3 is 39.5 Å². The number of aliphatic hydroxyl groups is 1. The molecule has 0 saturated heterocycles. The Hall–Kier alpha value is -1.94. The Labute approximate surface area is 645 Å². The molecule has 3 unspecified atom stereocenters. The normalized spacial score (nSPS) is 14.2. The second kappa shape index (κ2) is 74.8. The van der Waals surface area contributed by atoms with E-state index in [1.807, 2.05) is 0 Å². The molecule has 624 valence electrons. The van der Waals surface area contributed by atoms with Crippen LogP contribution in [0.5, 0.6) is 0 Å². The lowest BCUT2D eigenvalue weighted by Gasteiger charge is -2.21. The molecule has 0 bridgehead atoms. The molecule has 0 amide bonds. The van der Waals surface area contributed by atoms with E-state index in [9.17, 15) is 43.2 Å². The van der Waals surface area contributed by atoms with E-state index in [4.69, 9.17) is 37.0 Å². The number of unbranched alkanes of at least 4 members (excludes halogenated alkanes) is 48. The van der Waals surface area contributed by atoms with Crippen LogP contribution < -0.4 is 0 Å². The van der Waals surface area contributed by atoms with Gasteiger partial charge in [0.15, 0.2) is 12.2 Å². The number of hydrogen-bond acceptors (Lipinski definition) is 15. The highest BCUT2D eigenvalue weighted by atomic mass is 31.2. The van der Waals surface area contributed by atoms with Gasteiger partial charge in [-0.05, 0) is 49.4 Å². The summed E-state index contributed by atoms with van der Waals surface area (Å²) in [7, 11) is -9.93. The van der Waals surface area contributed by atoms with Gasteiger partial charge in [-0.1, -0.05) is 396 Å². The molecular weight excluding hydrogens is 1370 g/mol. The lowest BCUT2D eigenvalue weighted by atomic mass is 9.99. The van der Waals surface area contributed by atoms with Crippen molar-refractivity contribution in [2.75, 3.05) is 39.6 Å². The molecule has 0 rings (SSSR count). The van der Waals surface area contributed by atoms with Crippen LogP contribution in [-0.2, 0) is 65.4 Å². The van der Waals surface area contributed by atoms with Crippen molar-refractivity contribution in [2.24, 2.45) is 23.7 Å². The highest BCUT2D eigenvalue weighted by Crippen LogP contribution is 2.45. The molecule has 0 aliphatic rings. The number of phosphoric ester groups is 2. The Morgan fingerprint density at radius 1 is 0.267 bits per heavy atom. The topological polar surface area (TPSA) is 237 Å². The van der Waals surface area contributed by atoms with Crippen LogP contribution in [0.2, 0.25) is 0 Å². The molecule has 0 saturated carbocycles. The Morgan fingerprint density at radius 2 is 0.457 bits per heavy atom. The first kappa shape index (κ1) is 103. The summed E-state index contributed by atoms with van der Waals surface area (Å²) >= 11 is 0. The zero-order valence-electron chi connectivity index (χ0n) is 69.4. The number of carbonyl (C=O) groups excluding carboxylic acids is 4. The van der Waals surface area contributed by atoms with E-state index >= 15 is 0 Å². The summed E-state index contributed by atoms with van der Waals surface area (Å²) in [5.74, 6) is 1.07. The van der Waals surface area contributed by atoms with Crippen molar-refractivity contribution in [3.05, 3.63) is 0 Å². The minimum Gasteiger partial charge on any atom is -0.462 e. The lowest BCUT2D eigenvalue weighted by molar-refractivity contribution is -0.161. The summed E-state index contributed by atoms with van der Waals surface area (Å²) in [6.07, 6.45) is 63.9. The Bertz CT molecular complexity index is 2040. The van der Waals surface area contributed by atoms with Crippen LogP contribution in [0.25, 0.3) is 0 Å². The monoisotopic (exact) mass is 1540 g/mol. The van der Waals surface area contributed by atoms with Gasteiger partial charge in [-0.3, -0.25) is 37.3 Å². The van der Waals surface area contributed by atoms with E-state index in [0.717, 1.165) is 114 Å². The van der Waals surface area contributed by atoms with Gasteiger partial charge in [0.1, 0.15) is 19.3 Å². The molecule has 3 N–H and O–H groups in total. The maximum absolute atomic E-state index is 13.1. The van der Waals surface area contributed by atoms with Crippen molar-refractivity contribution < 1.29 is 80.2 Å². The third-order valence-corrected chi connectivity index (χ3v) is 22.3. The summed E-state index contributed by atoms with van der Waals surface area (Å²) in [6.45, 7) is 14.3. The molecule has 105 heavy (non-hydrogen) atoms. The van der Waals surface area contributed by atoms with Gasteiger partial charge in [-0.2, -0.15) is 0 Å². The van der Waals surface area contributed by atoms with E-state index < -0.39 is 97.5 Å². The zero-order valence-corrected chi connectivity index (χ0v) is 71.2. The predicted molar refractivity (Wildman–Crippen MR) is 432 cm³/mol. The number of carbonyl (C=O) groups is 4. The van der Waals surface area contributed by atoms with E-state index in [1.54, 1.807) is 0 Å². The maximum atomic E-state index is 13.1. The summed E-state index contributed by atoms with van der Waals surface area (Å²) < 4.78 is 68.9. The van der Waals surface area contributed by atoms with Gasteiger partial charge in [0.05, 0.1) is 26.4 Å². The van der Waals surface area contributed by atoms with Crippen LogP contribution in [0.15, 0.2) is 0 Å². The smallest absolute Gasteiger partial charge is 0.462 e. The van der Waals surface area contributed by atoms with Crippen LogP contribution >= 0.6 is 15.6 Å². The molecule has 0 aliphatic heterocycles. The average molecular weight is 1540 g/mol. The van der Waals surface area contributed by atoms with Gasteiger partial charge in [0.25, 0.3) is 0 Å². The van der Waals surface area contributed by atoms with E-state index in [0.29, 0.717) is 25.7 Å². The molecule has 0 radical (unpaired) electrons. The van der Waals surface area contributed by atoms with Crippen molar-refractivity contribution in [1.29, 1.82) is 0 Å². The molecule has 17 nitrogen and oxygen atoms in total. The van der Waals surface area contributed by atoms with E-state index in [-0.39, 0.29) is 25.7 Å². The molecule has 0 heterocycles. The van der Waals surface area contributed by atoms with Gasteiger partial charge in [-0.25, -0.2) is 9.13 Å². The number of ether oxygens (including phenoxy) is 4. The van der Waals surface area contributed by atoms with Gasteiger partial charge in [0, 0.05) is 25.7 Å². The molecule has 0 fully saturated rings. The molecule has 0 aliphatic carbocycles. The summed E-state index contributed by atoms with van der Waals surface area (Å²) in [6, 6.07) is 0. The zero-order chi connectivity index (χ0) is 77.4. The van der Waals surface area contributed by atoms with Crippen molar-refractivity contribution >= 4 is 39.5 Å². The SMILES string of the molecule is CCC(C)CCCCCCCCCCCCCCCCCCCCC(=O)O[C@H](COC(=O)CCCCCCCCCCCCCCCCC(C)C)COP(=O)(O)OC[C@@H](O)COP(=O)(O)OC[C@@H](COC(=O)CCCCCCCCCCC(C)C)OC(=O)CCCCCCCCCCCCCCC(C)C. The Kier molecular flexibility index (Phi) is 73.4. The largest absolute Gasteiger partial charge is 0.472 e. The summed E-state index contributed by atoms with van der Waals surface area (Å²) in [4.78, 5) is 73.2. The van der Waals surface area contributed by atoms with Gasteiger partial charge in [-0.15, -0.1) is 0 Å². The Morgan fingerprint density at radius 3 is 0.676 bits per heavy atom. The second-order valence-corrected chi connectivity index (χ2v) is 35.5. The predicted octanol–water partition coefficient (Wildman–Crippen LogP) is 25.9. The van der Waals surface area contributed by atoms with Gasteiger partial charge in [0.2, 0.25) is 0 Å². The molecule has 0 aromatic heterocycles. The number of rotatable bonds is 83. The van der Waals surface area contributed by atoms with Crippen LogP contribution in [0.1, 0.15) is 447 Å². The number of aliphatic hydroxyl groups excluding tert-OH is 1. The molecule has 6 atom stereocenters. The standard InChI is InChI=1S/C86H168O17P2/c1-9-79(8)65-57-49-41-32-26-19-14-12-10-11-13-15-21-28-34-44-52-60-68-85(90)102-81(72-96-83(88)66-58-50-42-33-27-20-17-16-18-24-30-38-46-54-62-76(2)3)74-100-104(92,93)98-70-80(87)71-99-105(94,95)101-75-82(73-97-84(89)67-59-51-43-37-36-40-48-56-64-78(6)7)103-86(91)69-61-53-45-35-29-23-22-25-31-39-47-55-63-77(4)5/h76-82,87H,9-75H2,1-8H3,(H,92,93)(H,94,95)/t79?,80-,81-,82-/m1/s1. The second-order valence-electron chi connectivity index (χ2n) is 32.6. The third-order valence-electron chi connectivity index (χ3n) is 20.4. The van der Waals surface area contributed by atoms with Crippen molar-refractivity contribution in [1.82, 2.24) is 0 Å². The van der Waals surface area contributed by atoms with Crippen LogP contribution in [-0.4, -0.2) is 96.7 Å². The van der Waals surface area contributed by atoms with Gasteiger partial charge < -0.3 is 33.8 Å². The van der Waals surface area contributed by atoms with E-state index in [2.05, 4.69) is 55.4 Å². The molecule has 0 aromatic rings.